The quantitative estimate of drug-likeness (QED) is 0.678. The minimum atomic E-state index is -0.562. The molecule has 9 heteroatoms. The SMILES string of the molecule is Fc1cc(C2C=Nc3cnc(Nc4ccncc4)nc32)cc(F)c1CN1CCOCC1. The largest absolute Gasteiger partial charge is 0.379 e. The minimum absolute atomic E-state index is 0.0727. The maximum absolute atomic E-state index is 14.9. The van der Waals surface area contributed by atoms with Crippen LogP contribution in [0.3, 0.4) is 0 Å². The fraction of sp³-hybridized carbons (Fsp3) is 0.273. The molecule has 0 spiro atoms. The molecule has 0 bridgehead atoms. The molecule has 5 rings (SSSR count). The molecule has 4 heterocycles. The van der Waals surface area contributed by atoms with E-state index in [-0.39, 0.29) is 12.1 Å². The van der Waals surface area contributed by atoms with Crippen LogP contribution < -0.4 is 5.32 Å². The van der Waals surface area contributed by atoms with E-state index in [0.717, 1.165) is 5.69 Å². The highest BCUT2D eigenvalue weighted by molar-refractivity contribution is 5.83. The predicted molar refractivity (Wildman–Crippen MR) is 112 cm³/mol. The fourth-order valence-corrected chi connectivity index (χ4v) is 3.75. The Morgan fingerprint density at radius 2 is 1.84 bits per heavy atom. The molecule has 3 aromatic rings. The van der Waals surface area contributed by atoms with Gasteiger partial charge in [0.25, 0.3) is 0 Å². The van der Waals surface area contributed by atoms with Gasteiger partial charge in [-0.25, -0.2) is 18.7 Å². The summed E-state index contributed by atoms with van der Waals surface area (Å²) in [4.78, 5) is 19.1. The molecule has 1 unspecified atom stereocenters. The van der Waals surface area contributed by atoms with E-state index < -0.39 is 17.6 Å². The second-order valence-corrected chi connectivity index (χ2v) is 7.43. The number of hydrogen-bond donors (Lipinski definition) is 1. The summed E-state index contributed by atoms with van der Waals surface area (Å²) in [7, 11) is 0. The summed E-state index contributed by atoms with van der Waals surface area (Å²) in [5, 5.41) is 3.10. The van der Waals surface area contributed by atoms with Crippen LogP contribution in [0.4, 0.5) is 26.1 Å². The number of fused-ring (bicyclic) bond motifs is 1. The number of ether oxygens (including phenoxy) is 1. The molecule has 158 valence electrons. The molecule has 1 aromatic carbocycles. The number of morpholine rings is 1. The molecule has 7 nitrogen and oxygen atoms in total. The van der Waals surface area contributed by atoms with Gasteiger partial charge in [0.15, 0.2) is 0 Å². The van der Waals surface area contributed by atoms with Gasteiger partial charge in [-0.1, -0.05) is 0 Å². The molecule has 2 aliphatic rings. The summed E-state index contributed by atoms with van der Waals surface area (Å²) in [5.41, 5.74) is 2.52. The van der Waals surface area contributed by atoms with Crippen LogP contribution in [0.25, 0.3) is 0 Å². The first-order valence-electron chi connectivity index (χ1n) is 10.0. The van der Waals surface area contributed by atoms with Gasteiger partial charge in [-0.05, 0) is 29.8 Å². The molecule has 1 atom stereocenters. The van der Waals surface area contributed by atoms with E-state index in [1.165, 1.54) is 12.1 Å². The average Bonchev–Trinajstić information content (AvgIpc) is 3.21. The van der Waals surface area contributed by atoms with E-state index in [1.807, 2.05) is 4.90 Å². The van der Waals surface area contributed by atoms with Gasteiger partial charge >= 0.3 is 0 Å². The number of benzene rings is 1. The lowest BCUT2D eigenvalue weighted by atomic mass is 9.95. The number of aliphatic imine (C=N–C) groups is 1. The van der Waals surface area contributed by atoms with Crippen LogP contribution in [0, 0.1) is 11.6 Å². The number of aromatic nitrogens is 3. The first-order chi connectivity index (χ1) is 15.2. The first kappa shape index (κ1) is 19.7. The molecule has 2 aliphatic heterocycles. The molecule has 1 saturated heterocycles. The third-order valence-electron chi connectivity index (χ3n) is 5.40. The van der Waals surface area contributed by atoms with Crippen molar-refractivity contribution < 1.29 is 13.5 Å². The van der Waals surface area contributed by atoms with E-state index in [2.05, 4.69) is 25.3 Å². The summed E-state index contributed by atoms with van der Waals surface area (Å²) in [6.07, 6.45) is 6.56. The Labute approximate surface area is 177 Å². The summed E-state index contributed by atoms with van der Waals surface area (Å²) in [5.74, 6) is -1.19. The number of anilines is 2. The van der Waals surface area contributed by atoms with Gasteiger partial charge in [0.05, 0.1) is 31.0 Å². The number of nitrogens with zero attached hydrogens (tertiary/aromatic N) is 5. The zero-order valence-corrected chi connectivity index (χ0v) is 16.6. The lowest BCUT2D eigenvalue weighted by Crippen LogP contribution is -2.36. The molecule has 1 fully saturated rings. The molecule has 0 radical (unpaired) electrons. The molecular weight excluding hydrogens is 402 g/mol. The van der Waals surface area contributed by atoms with Crippen molar-refractivity contribution in [2.24, 2.45) is 4.99 Å². The monoisotopic (exact) mass is 422 g/mol. The Morgan fingerprint density at radius 3 is 2.58 bits per heavy atom. The Kier molecular flexibility index (Phi) is 5.35. The number of hydrogen-bond acceptors (Lipinski definition) is 7. The van der Waals surface area contributed by atoms with Gasteiger partial charge < -0.3 is 10.1 Å². The zero-order valence-electron chi connectivity index (χ0n) is 16.6. The van der Waals surface area contributed by atoms with Crippen molar-refractivity contribution in [1.82, 2.24) is 19.9 Å². The molecule has 0 saturated carbocycles. The van der Waals surface area contributed by atoms with Gasteiger partial charge in [0, 0.05) is 49.5 Å². The normalized spacial score (nSPS) is 18.2. The van der Waals surface area contributed by atoms with Gasteiger partial charge in [-0.15, -0.1) is 0 Å². The maximum atomic E-state index is 14.9. The predicted octanol–water partition coefficient (Wildman–Crippen LogP) is 3.57. The maximum Gasteiger partial charge on any atom is 0.227 e. The Morgan fingerprint density at radius 1 is 1.10 bits per heavy atom. The summed E-state index contributed by atoms with van der Waals surface area (Å²) in [6.45, 7) is 2.69. The summed E-state index contributed by atoms with van der Waals surface area (Å²) >= 11 is 0. The second kappa shape index (κ2) is 8.44. The van der Waals surface area contributed by atoms with Crippen LogP contribution in [0.1, 0.15) is 22.7 Å². The van der Waals surface area contributed by atoms with Gasteiger partial charge in [0.1, 0.15) is 17.3 Å². The molecule has 2 aromatic heterocycles. The van der Waals surface area contributed by atoms with Crippen LogP contribution in [-0.4, -0.2) is 52.4 Å². The molecule has 31 heavy (non-hydrogen) atoms. The highest BCUT2D eigenvalue weighted by atomic mass is 19.1. The number of nitrogens with one attached hydrogen (secondary N) is 1. The Balaban J connectivity index is 1.40. The zero-order chi connectivity index (χ0) is 21.2. The van der Waals surface area contributed by atoms with Crippen LogP contribution in [0.15, 0.2) is 47.8 Å². The fourth-order valence-electron chi connectivity index (χ4n) is 3.75. The lowest BCUT2D eigenvalue weighted by Gasteiger charge is -2.27. The molecule has 0 amide bonds. The number of pyridine rings is 1. The minimum Gasteiger partial charge on any atom is -0.379 e. The van der Waals surface area contributed by atoms with Crippen LogP contribution >= 0.6 is 0 Å². The topological polar surface area (TPSA) is 75.5 Å². The van der Waals surface area contributed by atoms with E-state index in [0.29, 0.717) is 49.2 Å². The van der Waals surface area contributed by atoms with E-state index in [9.17, 15) is 8.78 Å². The standard InChI is InChI=1S/C22H20F2N6O/c23-18-9-14(10-19(24)17(18)13-30-5-7-31-8-6-30)16-11-26-20-12-27-22(29-21(16)20)28-15-1-3-25-4-2-15/h1-4,9-12,16H,5-8,13H2,(H,25,27,28,29). The van der Waals surface area contributed by atoms with Crippen molar-refractivity contribution in [3.63, 3.8) is 0 Å². The van der Waals surface area contributed by atoms with Gasteiger partial charge in [-0.3, -0.25) is 14.9 Å². The highest BCUT2D eigenvalue weighted by Gasteiger charge is 2.26. The third kappa shape index (κ3) is 4.14. The highest BCUT2D eigenvalue weighted by Crippen LogP contribution is 2.36. The van der Waals surface area contributed by atoms with Crippen LogP contribution in [0.2, 0.25) is 0 Å². The van der Waals surface area contributed by atoms with E-state index in [1.54, 1.807) is 36.9 Å². The lowest BCUT2D eigenvalue weighted by molar-refractivity contribution is 0.0332. The van der Waals surface area contributed by atoms with Crippen LogP contribution in [0.5, 0.6) is 0 Å². The summed E-state index contributed by atoms with van der Waals surface area (Å²) < 4.78 is 35.0. The van der Waals surface area contributed by atoms with Crippen LogP contribution in [-0.2, 0) is 11.3 Å². The molecule has 0 aliphatic carbocycles. The Bertz CT molecular complexity index is 1100. The second-order valence-electron chi connectivity index (χ2n) is 7.43. The smallest absolute Gasteiger partial charge is 0.227 e. The van der Waals surface area contributed by atoms with Gasteiger partial charge in [-0.2, -0.15) is 0 Å². The first-order valence-corrected chi connectivity index (χ1v) is 10.0. The average molecular weight is 422 g/mol. The third-order valence-corrected chi connectivity index (χ3v) is 5.40. The number of rotatable bonds is 5. The summed E-state index contributed by atoms with van der Waals surface area (Å²) in [6, 6.07) is 6.34. The number of halogens is 2. The molecule has 1 N–H and O–H groups in total. The van der Waals surface area contributed by atoms with Crippen molar-refractivity contribution in [2.75, 3.05) is 31.6 Å². The van der Waals surface area contributed by atoms with E-state index in [4.69, 9.17) is 4.74 Å². The van der Waals surface area contributed by atoms with Crippen molar-refractivity contribution in [3.05, 3.63) is 71.3 Å². The van der Waals surface area contributed by atoms with E-state index >= 15 is 0 Å². The van der Waals surface area contributed by atoms with Crippen molar-refractivity contribution in [2.45, 2.75) is 12.5 Å². The van der Waals surface area contributed by atoms with Crippen molar-refractivity contribution >= 4 is 23.5 Å². The van der Waals surface area contributed by atoms with Gasteiger partial charge in [0.2, 0.25) is 5.95 Å². The van der Waals surface area contributed by atoms with Crippen molar-refractivity contribution in [1.29, 1.82) is 0 Å². The molecular formula is C22H20F2N6O. The van der Waals surface area contributed by atoms with Crippen molar-refractivity contribution in [3.8, 4) is 0 Å². The Hall–Kier alpha value is -3.30.